The molecular weight excluding hydrogens is 250 g/mol. The first kappa shape index (κ1) is 12.7. The number of imidazole rings is 1. The molecular formula is C16H17N3O. The summed E-state index contributed by atoms with van der Waals surface area (Å²) in [7, 11) is 0. The lowest BCUT2D eigenvalue weighted by Crippen LogP contribution is -2.18. The molecule has 1 aliphatic heterocycles. The molecule has 1 aromatic heterocycles. The maximum Gasteiger partial charge on any atom is 0.224 e. The Morgan fingerprint density at radius 1 is 1.35 bits per heavy atom. The number of anilines is 1. The highest BCUT2D eigenvalue weighted by atomic mass is 16.1. The molecule has 0 spiro atoms. The standard InChI is InChI=1S/C16H17N3O/c20-16-7-5-14-11-13(4-6-15(14)18-16)3-1-2-9-19-10-8-17-12-19/h1,3-4,6,8,10-12H,2,5,7,9H2,(H,18,20)/b3-1+. The molecule has 1 aliphatic rings. The second-order valence-corrected chi connectivity index (χ2v) is 4.96. The SMILES string of the molecule is O=C1CCc2cc(/C=C/CCn3ccnc3)ccc2N1. The molecule has 1 aromatic carbocycles. The highest BCUT2D eigenvalue weighted by Crippen LogP contribution is 2.24. The fourth-order valence-corrected chi connectivity index (χ4v) is 2.37. The zero-order valence-electron chi connectivity index (χ0n) is 11.2. The number of nitrogens with zero attached hydrogens (tertiary/aromatic N) is 2. The minimum absolute atomic E-state index is 0.112. The number of hydrogen-bond acceptors (Lipinski definition) is 2. The van der Waals surface area contributed by atoms with Crippen LogP contribution < -0.4 is 5.32 Å². The van der Waals surface area contributed by atoms with Crippen LogP contribution >= 0.6 is 0 Å². The molecule has 102 valence electrons. The number of rotatable bonds is 4. The Morgan fingerprint density at radius 3 is 3.15 bits per heavy atom. The van der Waals surface area contributed by atoms with E-state index < -0.39 is 0 Å². The first-order chi connectivity index (χ1) is 9.81. The van der Waals surface area contributed by atoms with Crippen LogP contribution in [0.3, 0.4) is 0 Å². The molecule has 2 heterocycles. The molecule has 0 saturated heterocycles. The van der Waals surface area contributed by atoms with Gasteiger partial charge in [-0.3, -0.25) is 4.79 Å². The van der Waals surface area contributed by atoms with Gasteiger partial charge in [0.25, 0.3) is 0 Å². The average molecular weight is 267 g/mol. The molecule has 0 saturated carbocycles. The Bertz CT molecular complexity index is 629. The van der Waals surface area contributed by atoms with Crippen molar-refractivity contribution in [3.05, 3.63) is 54.1 Å². The van der Waals surface area contributed by atoms with E-state index in [0.29, 0.717) is 6.42 Å². The number of amides is 1. The normalized spacial score (nSPS) is 14.3. The van der Waals surface area contributed by atoms with E-state index in [2.05, 4.69) is 33.1 Å². The van der Waals surface area contributed by atoms with Gasteiger partial charge in [-0.15, -0.1) is 0 Å². The summed E-state index contributed by atoms with van der Waals surface area (Å²) in [6, 6.07) is 6.18. The van der Waals surface area contributed by atoms with E-state index in [-0.39, 0.29) is 5.91 Å². The first-order valence-corrected chi connectivity index (χ1v) is 6.86. The van der Waals surface area contributed by atoms with Crippen molar-refractivity contribution in [2.45, 2.75) is 25.8 Å². The van der Waals surface area contributed by atoms with E-state index in [1.54, 1.807) is 6.20 Å². The summed E-state index contributed by atoms with van der Waals surface area (Å²) in [5, 5.41) is 2.90. The minimum atomic E-state index is 0.112. The Kier molecular flexibility index (Phi) is 3.63. The van der Waals surface area contributed by atoms with Gasteiger partial charge in [0.1, 0.15) is 0 Å². The second kappa shape index (κ2) is 5.74. The molecule has 4 heteroatoms. The number of aromatic nitrogens is 2. The molecule has 0 aliphatic carbocycles. The summed E-state index contributed by atoms with van der Waals surface area (Å²) >= 11 is 0. The van der Waals surface area contributed by atoms with Crippen LogP contribution in [-0.4, -0.2) is 15.5 Å². The van der Waals surface area contributed by atoms with Gasteiger partial charge in [0.05, 0.1) is 6.33 Å². The van der Waals surface area contributed by atoms with Gasteiger partial charge in [0.2, 0.25) is 5.91 Å². The molecule has 4 nitrogen and oxygen atoms in total. The molecule has 0 atom stereocenters. The van der Waals surface area contributed by atoms with Crippen LogP contribution in [0.15, 0.2) is 43.0 Å². The molecule has 0 fully saturated rings. The smallest absolute Gasteiger partial charge is 0.224 e. The third-order valence-corrected chi connectivity index (χ3v) is 3.45. The van der Waals surface area contributed by atoms with Gasteiger partial charge < -0.3 is 9.88 Å². The average Bonchev–Trinajstić information content (AvgIpc) is 2.97. The number of aryl methyl sites for hydroxylation is 2. The molecule has 0 bridgehead atoms. The summed E-state index contributed by atoms with van der Waals surface area (Å²) < 4.78 is 2.06. The van der Waals surface area contributed by atoms with Crippen LogP contribution in [0.4, 0.5) is 5.69 Å². The van der Waals surface area contributed by atoms with Crippen LogP contribution in [0.5, 0.6) is 0 Å². The summed E-state index contributed by atoms with van der Waals surface area (Å²) in [5.74, 6) is 0.112. The van der Waals surface area contributed by atoms with Crippen LogP contribution in [0.1, 0.15) is 24.0 Å². The highest BCUT2D eigenvalue weighted by Gasteiger charge is 2.13. The van der Waals surface area contributed by atoms with Gasteiger partial charge in [0, 0.05) is 31.0 Å². The van der Waals surface area contributed by atoms with Crippen molar-refractivity contribution in [3.63, 3.8) is 0 Å². The summed E-state index contributed by atoms with van der Waals surface area (Å²) in [6.45, 7) is 0.942. The molecule has 1 N–H and O–H groups in total. The van der Waals surface area contributed by atoms with E-state index in [4.69, 9.17) is 0 Å². The van der Waals surface area contributed by atoms with Crippen molar-refractivity contribution >= 4 is 17.7 Å². The molecule has 2 aromatic rings. The number of benzene rings is 1. The quantitative estimate of drug-likeness (QED) is 0.926. The summed E-state index contributed by atoms with van der Waals surface area (Å²) in [6.07, 6.45) is 12.3. The predicted octanol–water partition coefficient (Wildman–Crippen LogP) is 2.87. The van der Waals surface area contributed by atoms with Crippen LogP contribution in [-0.2, 0) is 17.8 Å². The first-order valence-electron chi connectivity index (χ1n) is 6.86. The van der Waals surface area contributed by atoms with E-state index in [1.165, 1.54) is 11.1 Å². The maximum atomic E-state index is 11.3. The van der Waals surface area contributed by atoms with Gasteiger partial charge in [-0.1, -0.05) is 18.2 Å². The lowest BCUT2D eigenvalue weighted by atomic mass is 10.00. The van der Waals surface area contributed by atoms with Gasteiger partial charge >= 0.3 is 0 Å². The number of fused-ring (bicyclic) bond motifs is 1. The van der Waals surface area contributed by atoms with Crippen molar-refractivity contribution in [1.82, 2.24) is 9.55 Å². The van der Waals surface area contributed by atoms with E-state index >= 15 is 0 Å². The monoisotopic (exact) mass is 267 g/mol. The van der Waals surface area contributed by atoms with E-state index in [1.807, 2.05) is 24.7 Å². The molecule has 1 amide bonds. The van der Waals surface area contributed by atoms with E-state index in [9.17, 15) is 4.79 Å². The largest absolute Gasteiger partial charge is 0.337 e. The third-order valence-electron chi connectivity index (χ3n) is 3.45. The predicted molar refractivity (Wildman–Crippen MR) is 79.3 cm³/mol. The lowest BCUT2D eigenvalue weighted by Gasteiger charge is -2.16. The van der Waals surface area contributed by atoms with Gasteiger partial charge in [-0.25, -0.2) is 4.98 Å². The molecule has 3 rings (SSSR count). The molecule has 20 heavy (non-hydrogen) atoms. The van der Waals surface area contributed by atoms with Crippen LogP contribution in [0, 0.1) is 0 Å². The van der Waals surface area contributed by atoms with E-state index in [0.717, 1.165) is 25.1 Å². The van der Waals surface area contributed by atoms with Gasteiger partial charge in [0.15, 0.2) is 0 Å². The van der Waals surface area contributed by atoms with Crippen molar-refractivity contribution < 1.29 is 4.79 Å². The fourth-order valence-electron chi connectivity index (χ4n) is 2.37. The number of allylic oxidation sites excluding steroid dienone is 1. The maximum absolute atomic E-state index is 11.3. The second-order valence-electron chi connectivity index (χ2n) is 4.96. The number of nitrogens with one attached hydrogen (secondary N) is 1. The van der Waals surface area contributed by atoms with Gasteiger partial charge in [-0.2, -0.15) is 0 Å². The Hall–Kier alpha value is -2.36. The topological polar surface area (TPSA) is 46.9 Å². The fraction of sp³-hybridized carbons (Fsp3) is 0.250. The highest BCUT2D eigenvalue weighted by molar-refractivity contribution is 5.94. The molecule has 0 radical (unpaired) electrons. The number of carbonyl (C=O) groups excluding carboxylic acids is 1. The van der Waals surface area contributed by atoms with Crippen molar-refractivity contribution in [2.24, 2.45) is 0 Å². The van der Waals surface area contributed by atoms with Crippen LogP contribution in [0.2, 0.25) is 0 Å². The Morgan fingerprint density at radius 2 is 2.30 bits per heavy atom. The number of carbonyl (C=O) groups is 1. The van der Waals surface area contributed by atoms with Crippen LogP contribution in [0.25, 0.3) is 6.08 Å². The van der Waals surface area contributed by atoms with Crippen molar-refractivity contribution in [2.75, 3.05) is 5.32 Å². The van der Waals surface area contributed by atoms with Crippen molar-refractivity contribution in [3.8, 4) is 0 Å². The number of hydrogen-bond donors (Lipinski definition) is 1. The zero-order chi connectivity index (χ0) is 13.8. The minimum Gasteiger partial charge on any atom is -0.337 e. The molecule has 0 unspecified atom stereocenters. The summed E-state index contributed by atoms with van der Waals surface area (Å²) in [5.41, 5.74) is 3.36. The summed E-state index contributed by atoms with van der Waals surface area (Å²) in [4.78, 5) is 15.3. The van der Waals surface area contributed by atoms with Crippen molar-refractivity contribution in [1.29, 1.82) is 0 Å². The third kappa shape index (κ3) is 2.96. The Labute approximate surface area is 118 Å². The zero-order valence-corrected chi connectivity index (χ0v) is 11.2. The Balaban J connectivity index is 1.61. The van der Waals surface area contributed by atoms with Gasteiger partial charge in [-0.05, 0) is 36.1 Å². The lowest BCUT2D eigenvalue weighted by molar-refractivity contribution is -0.116.